The molecule has 0 spiro atoms. The van der Waals surface area contributed by atoms with Gasteiger partial charge in [0.2, 0.25) is 0 Å². The number of carbonyl (C=O) groups is 1. The number of halogens is 1. The fraction of sp³-hybridized carbons (Fsp3) is 0.929. The Morgan fingerprint density at radius 2 is 1.95 bits per heavy atom. The standard InChI is InChI=1S/C14H27N3O4.ClH/c1-9(2)16-14(20)15-7-10-12(17-5-3-4-6-17)13(19)11(8-18)21-10;/h9-13,18-19H,3-8H2,1-2H3,(H2,15,16,20);1H/t10-,11+,12+,13-;/m1./s1. The molecule has 0 unspecified atom stereocenters. The Hall–Kier alpha value is -0.600. The minimum Gasteiger partial charge on any atom is -0.394 e. The molecule has 2 heterocycles. The van der Waals surface area contributed by atoms with Crippen molar-refractivity contribution in [2.45, 2.75) is 57.1 Å². The third-order valence-corrected chi connectivity index (χ3v) is 4.09. The first-order valence-electron chi connectivity index (χ1n) is 7.75. The molecule has 2 amide bonds. The highest BCUT2D eigenvalue weighted by Gasteiger charge is 2.46. The predicted molar refractivity (Wildman–Crippen MR) is 85.3 cm³/mol. The maximum Gasteiger partial charge on any atom is 0.315 e. The zero-order valence-electron chi connectivity index (χ0n) is 13.2. The van der Waals surface area contributed by atoms with Gasteiger partial charge in [0.15, 0.2) is 0 Å². The monoisotopic (exact) mass is 337 g/mol. The number of nitrogens with zero attached hydrogens (tertiary/aromatic N) is 1. The second-order valence-electron chi connectivity index (χ2n) is 6.13. The van der Waals surface area contributed by atoms with Gasteiger partial charge in [0.05, 0.1) is 18.8 Å². The van der Waals surface area contributed by atoms with Crippen molar-refractivity contribution in [3.05, 3.63) is 0 Å². The Kier molecular flexibility index (Phi) is 7.85. The molecule has 0 aliphatic carbocycles. The summed E-state index contributed by atoms with van der Waals surface area (Å²) in [6.45, 7) is 5.76. The Labute approximate surface area is 137 Å². The van der Waals surface area contributed by atoms with Crippen LogP contribution in [0.25, 0.3) is 0 Å². The van der Waals surface area contributed by atoms with Crippen LogP contribution < -0.4 is 10.6 Å². The quantitative estimate of drug-likeness (QED) is 0.552. The summed E-state index contributed by atoms with van der Waals surface area (Å²) in [5.41, 5.74) is 0. The molecule has 130 valence electrons. The third kappa shape index (κ3) is 4.70. The number of aliphatic hydroxyl groups is 2. The molecule has 8 heteroatoms. The third-order valence-electron chi connectivity index (χ3n) is 4.09. The van der Waals surface area contributed by atoms with Gasteiger partial charge in [-0.2, -0.15) is 0 Å². The van der Waals surface area contributed by atoms with Crippen molar-refractivity contribution in [3.63, 3.8) is 0 Å². The maximum atomic E-state index is 11.7. The van der Waals surface area contributed by atoms with Crippen LogP contribution in [0.5, 0.6) is 0 Å². The summed E-state index contributed by atoms with van der Waals surface area (Å²) in [4.78, 5) is 13.9. The first kappa shape index (κ1) is 19.4. The van der Waals surface area contributed by atoms with Gasteiger partial charge in [-0.25, -0.2) is 4.79 Å². The topological polar surface area (TPSA) is 94.1 Å². The van der Waals surface area contributed by atoms with Crippen LogP contribution in [0.1, 0.15) is 26.7 Å². The van der Waals surface area contributed by atoms with E-state index in [1.54, 1.807) is 0 Å². The van der Waals surface area contributed by atoms with Gasteiger partial charge in [-0.1, -0.05) is 0 Å². The van der Waals surface area contributed by atoms with Crippen molar-refractivity contribution in [3.8, 4) is 0 Å². The lowest BCUT2D eigenvalue weighted by atomic mass is 10.0. The lowest BCUT2D eigenvalue weighted by Gasteiger charge is -2.30. The number of hydrogen-bond acceptors (Lipinski definition) is 5. The molecule has 22 heavy (non-hydrogen) atoms. The van der Waals surface area contributed by atoms with Crippen LogP contribution in [0, 0.1) is 0 Å². The summed E-state index contributed by atoms with van der Waals surface area (Å²) < 4.78 is 5.72. The highest BCUT2D eigenvalue weighted by atomic mass is 35.5. The van der Waals surface area contributed by atoms with E-state index < -0.39 is 12.2 Å². The number of ether oxygens (including phenoxy) is 1. The summed E-state index contributed by atoms with van der Waals surface area (Å²) in [5.74, 6) is 0. The molecule has 0 bridgehead atoms. The Balaban J connectivity index is 0.00000242. The first-order valence-corrected chi connectivity index (χ1v) is 7.75. The number of rotatable bonds is 5. The van der Waals surface area contributed by atoms with E-state index in [1.807, 2.05) is 13.8 Å². The Bertz CT molecular complexity index is 353. The summed E-state index contributed by atoms with van der Waals surface area (Å²) in [5, 5.41) is 25.2. The van der Waals surface area contributed by atoms with E-state index in [0.29, 0.717) is 6.54 Å². The van der Waals surface area contributed by atoms with Crippen LogP contribution >= 0.6 is 12.4 Å². The largest absolute Gasteiger partial charge is 0.394 e. The van der Waals surface area contributed by atoms with E-state index in [-0.39, 0.29) is 43.2 Å². The van der Waals surface area contributed by atoms with Crippen LogP contribution in [-0.4, -0.2) is 77.8 Å². The van der Waals surface area contributed by atoms with Crippen LogP contribution in [0.3, 0.4) is 0 Å². The maximum absolute atomic E-state index is 11.7. The molecular formula is C14H28ClN3O4. The zero-order valence-corrected chi connectivity index (χ0v) is 14.0. The fourth-order valence-electron chi connectivity index (χ4n) is 3.14. The van der Waals surface area contributed by atoms with Crippen LogP contribution in [-0.2, 0) is 4.74 Å². The number of aliphatic hydroxyl groups excluding tert-OH is 2. The number of likely N-dealkylation sites (tertiary alicyclic amines) is 1. The second kappa shape index (κ2) is 8.88. The average molecular weight is 338 g/mol. The van der Waals surface area contributed by atoms with Gasteiger partial charge < -0.3 is 25.6 Å². The molecule has 0 radical (unpaired) electrons. The lowest BCUT2D eigenvalue weighted by Crippen LogP contribution is -2.51. The fourth-order valence-corrected chi connectivity index (χ4v) is 3.14. The van der Waals surface area contributed by atoms with Gasteiger partial charge in [0.25, 0.3) is 0 Å². The molecule has 2 saturated heterocycles. The van der Waals surface area contributed by atoms with E-state index in [1.165, 1.54) is 0 Å². The first-order chi connectivity index (χ1) is 10.0. The molecule has 2 rings (SSSR count). The number of nitrogens with one attached hydrogen (secondary N) is 2. The number of amides is 2. The molecule has 4 atom stereocenters. The Morgan fingerprint density at radius 1 is 1.32 bits per heavy atom. The van der Waals surface area contributed by atoms with Crippen molar-refractivity contribution in [1.29, 1.82) is 0 Å². The Morgan fingerprint density at radius 3 is 2.50 bits per heavy atom. The van der Waals surface area contributed by atoms with Crippen LogP contribution in [0.2, 0.25) is 0 Å². The zero-order chi connectivity index (χ0) is 15.4. The molecule has 0 saturated carbocycles. The van der Waals surface area contributed by atoms with Gasteiger partial charge in [-0.3, -0.25) is 4.90 Å². The highest BCUT2D eigenvalue weighted by molar-refractivity contribution is 5.85. The van der Waals surface area contributed by atoms with Gasteiger partial charge in [-0.05, 0) is 39.8 Å². The predicted octanol–water partition coefficient (Wildman–Crippen LogP) is -0.299. The van der Waals surface area contributed by atoms with Gasteiger partial charge in [0.1, 0.15) is 12.2 Å². The van der Waals surface area contributed by atoms with Crippen molar-refractivity contribution in [2.75, 3.05) is 26.2 Å². The number of hydrogen-bond donors (Lipinski definition) is 4. The SMILES string of the molecule is CC(C)NC(=O)NC[C@H]1O[C@@H](CO)[C@@H](O)[C@H]1N1CCCC1.Cl. The minimum atomic E-state index is -0.715. The van der Waals surface area contributed by atoms with Crippen LogP contribution in [0.4, 0.5) is 4.79 Å². The normalized spacial score (nSPS) is 32.0. The molecule has 2 fully saturated rings. The van der Waals surface area contributed by atoms with E-state index in [9.17, 15) is 15.0 Å². The molecular weight excluding hydrogens is 310 g/mol. The van der Waals surface area contributed by atoms with E-state index in [2.05, 4.69) is 15.5 Å². The molecule has 2 aliphatic heterocycles. The van der Waals surface area contributed by atoms with E-state index in [4.69, 9.17) is 4.74 Å². The summed E-state index contributed by atoms with van der Waals surface area (Å²) in [6.07, 6.45) is 0.638. The van der Waals surface area contributed by atoms with Gasteiger partial charge in [0, 0.05) is 12.6 Å². The molecule has 7 nitrogen and oxygen atoms in total. The smallest absolute Gasteiger partial charge is 0.315 e. The highest BCUT2D eigenvalue weighted by Crippen LogP contribution is 2.28. The summed E-state index contributed by atoms with van der Waals surface area (Å²) in [7, 11) is 0. The minimum absolute atomic E-state index is 0. The molecule has 0 aromatic heterocycles. The molecule has 2 aliphatic rings. The van der Waals surface area contributed by atoms with E-state index in [0.717, 1.165) is 25.9 Å². The van der Waals surface area contributed by atoms with Gasteiger partial charge in [-0.15, -0.1) is 12.4 Å². The van der Waals surface area contributed by atoms with Crippen molar-refractivity contribution < 1.29 is 19.7 Å². The number of carbonyl (C=O) groups excluding carboxylic acids is 1. The van der Waals surface area contributed by atoms with Crippen molar-refractivity contribution in [2.24, 2.45) is 0 Å². The summed E-state index contributed by atoms with van der Waals surface area (Å²) in [6, 6.07) is -0.334. The lowest BCUT2D eigenvalue weighted by molar-refractivity contribution is -0.0206. The van der Waals surface area contributed by atoms with Gasteiger partial charge >= 0.3 is 6.03 Å². The van der Waals surface area contributed by atoms with Crippen molar-refractivity contribution in [1.82, 2.24) is 15.5 Å². The molecule has 0 aromatic rings. The summed E-state index contributed by atoms with van der Waals surface area (Å²) >= 11 is 0. The average Bonchev–Trinajstić information content (AvgIpc) is 3.03. The second-order valence-corrected chi connectivity index (χ2v) is 6.13. The van der Waals surface area contributed by atoms with E-state index >= 15 is 0 Å². The molecule has 4 N–H and O–H groups in total. The van der Waals surface area contributed by atoms with Crippen LogP contribution in [0.15, 0.2) is 0 Å². The number of urea groups is 1. The van der Waals surface area contributed by atoms with Crippen molar-refractivity contribution >= 4 is 18.4 Å². The molecule has 0 aromatic carbocycles.